The summed E-state index contributed by atoms with van der Waals surface area (Å²) in [5.41, 5.74) is 10.2. The number of carbonyl (C=O) groups is 1. The standard InChI is InChI=1S/C25H33N9O2.ClH/c1-14-6-9-34(17-5-4-16(24(35)27-3)29-19(14)17)23-20-22(31-32-23)30-18(12-28-20)33-10-7-25(8-11-33)13-36-15(2)21(25)26;/h4-5,12,14-15,21H,6-11,13,26H2,1-3H3,(H,27,35)(H,30,31,32);1H/t14-,15-,21+;/m0./s1. The fourth-order valence-corrected chi connectivity index (χ4v) is 5.89. The highest BCUT2D eigenvalue weighted by Gasteiger charge is 2.47. The van der Waals surface area contributed by atoms with Crippen molar-refractivity contribution < 1.29 is 9.53 Å². The fraction of sp³-hybridized carbons (Fsp3) is 0.560. The second kappa shape index (κ2) is 9.70. The van der Waals surface area contributed by atoms with Crippen molar-refractivity contribution in [3.63, 3.8) is 0 Å². The number of pyridine rings is 1. The van der Waals surface area contributed by atoms with E-state index in [4.69, 9.17) is 20.4 Å². The van der Waals surface area contributed by atoms with Gasteiger partial charge in [-0.15, -0.1) is 12.4 Å². The van der Waals surface area contributed by atoms with E-state index in [1.807, 2.05) is 12.3 Å². The lowest BCUT2D eigenvalue weighted by Crippen LogP contribution is -2.50. The summed E-state index contributed by atoms with van der Waals surface area (Å²) >= 11 is 0. The zero-order valence-corrected chi connectivity index (χ0v) is 22.2. The molecule has 3 aliphatic heterocycles. The van der Waals surface area contributed by atoms with E-state index in [2.05, 4.69) is 44.1 Å². The molecule has 1 spiro atoms. The van der Waals surface area contributed by atoms with E-state index in [1.165, 1.54) is 0 Å². The molecule has 0 aromatic carbocycles. The normalized spacial score (nSPS) is 24.7. The molecule has 3 atom stereocenters. The molecule has 4 N–H and O–H groups in total. The van der Waals surface area contributed by atoms with Crippen molar-refractivity contribution in [2.45, 2.75) is 51.2 Å². The Morgan fingerprint density at radius 3 is 2.70 bits per heavy atom. The summed E-state index contributed by atoms with van der Waals surface area (Å²) in [5.74, 6) is 1.63. The molecule has 12 heteroatoms. The number of carbonyl (C=O) groups excluding carboxylic acids is 1. The van der Waals surface area contributed by atoms with Crippen LogP contribution in [0.4, 0.5) is 17.3 Å². The lowest BCUT2D eigenvalue weighted by molar-refractivity contribution is 0.0957. The Balaban J connectivity index is 0.00000280. The Hall–Kier alpha value is -3.02. The second-order valence-corrected chi connectivity index (χ2v) is 10.4. The Labute approximate surface area is 222 Å². The van der Waals surface area contributed by atoms with Gasteiger partial charge in [0, 0.05) is 44.1 Å². The molecule has 0 unspecified atom stereocenters. The van der Waals surface area contributed by atoms with Gasteiger partial charge in [0.25, 0.3) is 5.91 Å². The van der Waals surface area contributed by atoms with Gasteiger partial charge in [-0.3, -0.25) is 9.89 Å². The van der Waals surface area contributed by atoms with Gasteiger partial charge in [0.15, 0.2) is 17.0 Å². The Morgan fingerprint density at radius 1 is 1.22 bits per heavy atom. The molecule has 3 aromatic rings. The van der Waals surface area contributed by atoms with Crippen molar-refractivity contribution in [3.05, 3.63) is 29.7 Å². The van der Waals surface area contributed by atoms with Crippen LogP contribution in [-0.2, 0) is 4.74 Å². The summed E-state index contributed by atoms with van der Waals surface area (Å²) in [6, 6.07) is 3.79. The van der Waals surface area contributed by atoms with Crippen molar-refractivity contribution in [1.29, 1.82) is 0 Å². The van der Waals surface area contributed by atoms with Gasteiger partial charge in [-0.05, 0) is 38.3 Å². The van der Waals surface area contributed by atoms with Gasteiger partial charge < -0.3 is 25.6 Å². The number of aromatic nitrogens is 5. The van der Waals surface area contributed by atoms with E-state index in [9.17, 15) is 4.79 Å². The van der Waals surface area contributed by atoms with Crippen molar-refractivity contribution in [3.8, 4) is 0 Å². The fourth-order valence-electron chi connectivity index (χ4n) is 5.89. The average molecular weight is 528 g/mol. The van der Waals surface area contributed by atoms with Gasteiger partial charge >= 0.3 is 0 Å². The molecule has 2 saturated heterocycles. The number of fused-ring (bicyclic) bond motifs is 2. The maximum Gasteiger partial charge on any atom is 0.269 e. The lowest BCUT2D eigenvalue weighted by atomic mass is 9.73. The minimum Gasteiger partial charge on any atom is -0.376 e. The van der Waals surface area contributed by atoms with E-state index >= 15 is 0 Å². The van der Waals surface area contributed by atoms with Crippen LogP contribution in [0, 0.1) is 5.41 Å². The third kappa shape index (κ3) is 4.18. The number of nitrogens with one attached hydrogen (secondary N) is 2. The highest BCUT2D eigenvalue weighted by Crippen LogP contribution is 2.42. The van der Waals surface area contributed by atoms with Gasteiger partial charge in [-0.25, -0.2) is 15.0 Å². The van der Waals surface area contributed by atoms with Gasteiger partial charge in [-0.2, -0.15) is 5.10 Å². The summed E-state index contributed by atoms with van der Waals surface area (Å²) in [6.45, 7) is 7.49. The van der Waals surface area contributed by atoms with Crippen molar-refractivity contribution >= 4 is 46.8 Å². The largest absolute Gasteiger partial charge is 0.376 e. The molecule has 6 rings (SSSR count). The highest BCUT2D eigenvalue weighted by atomic mass is 35.5. The van der Waals surface area contributed by atoms with E-state index in [0.717, 1.165) is 74.0 Å². The van der Waals surface area contributed by atoms with E-state index in [1.54, 1.807) is 13.1 Å². The molecule has 11 nitrogen and oxygen atoms in total. The van der Waals surface area contributed by atoms with Crippen LogP contribution in [-0.4, -0.2) is 76.5 Å². The molecular formula is C25H34ClN9O2. The quantitative estimate of drug-likeness (QED) is 0.469. The monoisotopic (exact) mass is 527 g/mol. The van der Waals surface area contributed by atoms with Crippen molar-refractivity contribution in [2.24, 2.45) is 11.1 Å². The number of hydrogen-bond acceptors (Lipinski definition) is 9. The predicted octanol–water partition coefficient (Wildman–Crippen LogP) is 2.51. The number of anilines is 3. The third-order valence-corrected chi connectivity index (χ3v) is 8.33. The molecule has 1 amide bonds. The number of amides is 1. The molecule has 0 bridgehead atoms. The number of H-pyrrole nitrogens is 1. The maximum atomic E-state index is 12.1. The van der Waals surface area contributed by atoms with Crippen LogP contribution in [0.2, 0.25) is 0 Å². The van der Waals surface area contributed by atoms with Crippen LogP contribution in [0.1, 0.15) is 55.2 Å². The minimum atomic E-state index is -0.189. The first-order valence-corrected chi connectivity index (χ1v) is 12.7. The molecule has 6 heterocycles. The van der Waals surface area contributed by atoms with Crippen LogP contribution >= 0.6 is 12.4 Å². The van der Waals surface area contributed by atoms with Crippen LogP contribution < -0.4 is 20.9 Å². The molecule has 3 aromatic heterocycles. The SMILES string of the molecule is CNC(=O)c1ccc2c(n1)[C@@H](C)CCN2c1n[nH]c2nc(N3CCC4(CC3)CO[C@@H](C)[C@H]4N)cnc12.Cl. The third-order valence-electron chi connectivity index (χ3n) is 8.33. The topological polar surface area (TPSA) is 138 Å². The smallest absolute Gasteiger partial charge is 0.269 e. The summed E-state index contributed by atoms with van der Waals surface area (Å²) in [7, 11) is 1.61. The number of ether oxygens (including phenoxy) is 1. The first-order valence-electron chi connectivity index (χ1n) is 12.7. The minimum absolute atomic E-state index is 0. The molecule has 198 valence electrons. The zero-order valence-electron chi connectivity index (χ0n) is 21.4. The van der Waals surface area contributed by atoms with Crippen LogP contribution in [0.25, 0.3) is 11.2 Å². The molecule has 0 saturated carbocycles. The van der Waals surface area contributed by atoms with E-state index < -0.39 is 0 Å². The average Bonchev–Trinajstić information content (AvgIpc) is 3.45. The van der Waals surface area contributed by atoms with Crippen LogP contribution in [0.5, 0.6) is 0 Å². The second-order valence-electron chi connectivity index (χ2n) is 10.4. The molecule has 37 heavy (non-hydrogen) atoms. The number of nitrogens with two attached hydrogens (primary N) is 1. The molecule has 0 aliphatic carbocycles. The van der Waals surface area contributed by atoms with Crippen molar-refractivity contribution in [1.82, 2.24) is 30.5 Å². The van der Waals surface area contributed by atoms with Gasteiger partial charge in [0.2, 0.25) is 0 Å². The Morgan fingerprint density at radius 2 is 2.00 bits per heavy atom. The molecule has 2 fully saturated rings. The number of nitrogens with zero attached hydrogens (tertiary/aromatic N) is 6. The Bertz CT molecular complexity index is 1310. The number of hydrogen-bond donors (Lipinski definition) is 3. The number of rotatable bonds is 3. The molecule has 0 radical (unpaired) electrons. The summed E-state index contributed by atoms with van der Waals surface area (Å²) in [4.78, 5) is 30.8. The van der Waals surface area contributed by atoms with Crippen molar-refractivity contribution in [2.75, 3.05) is 43.1 Å². The van der Waals surface area contributed by atoms with E-state index in [-0.39, 0.29) is 41.8 Å². The first-order chi connectivity index (χ1) is 17.4. The number of halogens is 1. The van der Waals surface area contributed by atoms with Gasteiger partial charge in [-0.1, -0.05) is 6.92 Å². The summed E-state index contributed by atoms with van der Waals surface area (Å²) in [6.07, 6.45) is 4.83. The predicted molar refractivity (Wildman–Crippen MR) is 144 cm³/mol. The highest BCUT2D eigenvalue weighted by molar-refractivity contribution is 5.93. The van der Waals surface area contributed by atoms with E-state index in [0.29, 0.717) is 11.3 Å². The number of aromatic amines is 1. The van der Waals surface area contributed by atoms with Crippen LogP contribution in [0.3, 0.4) is 0 Å². The summed E-state index contributed by atoms with van der Waals surface area (Å²) < 4.78 is 5.86. The zero-order chi connectivity index (χ0) is 25.0. The lowest BCUT2D eigenvalue weighted by Gasteiger charge is -2.41. The number of piperidine rings is 1. The van der Waals surface area contributed by atoms with Gasteiger partial charge in [0.1, 0.15) is 11.5 Å². The molecule has 3 aliphatic rings. The molecular weight excluding hydrogens is 494 g/mol. The maximum absolute atomic E-state index is 12.1. The van der Waals surface area contributed by atoms with Gasteiger partial charge in [0.05, 0.1) is 30.3 Å². The van der Waals surface area contributed by atoms with Crippen LogP contribution in [0.15, 0.2) is 18.3 Å². The Kier molecular flexibility index (Phi) is 6.71. The summed E-state index contributed by atoms with van der Waals surface area (Å²) in [5, 5.41) is 10.3. The first kappa shape index (κ1) is 25.6.